The van der Waals surface area contributed by atoms with Crippen LogP contribution in [0.2, 0.25) is 0 Å². The fraction of sp³-hybridized carbons (Fsp3) is 0.455. The van der Waals surface area contributed by atoms with E-state index in [1.54, 1.807) is 9.36 Å². The molecule has 0 spiro atoms. The fourth-order valence-electron chi connectivity index (χ4n) is 4.11. The molecular formula is C22H28N6O3. The number of nitrogens with one attached hydrogen (secondary N) is 1. The molecule has 9 nitrogen and oxygen atoms in total. The minimum atomic E-state index is -0.232. The van der Waals surface area contributed by atoms with Crippen molar-refractivity contribution in [2.75, 3.05) is 25.0 Å². The van der Waals surface area contributed by atoms with Crippen molar-refractivity contribution >= 4 is 11.6 Å². The van der Waals surface area contributed by atoms with Gasteiger partial charge in [-0.25, -0.2) is 4.68 Å². The van der Waals surface area contributed by atoms with Gasteiger partial charge in [-0.2, -0.15) is 4.98 Å². The predicted molar refractivity (Wildman–Crippen MR) is 116 cm³/mol. The first-order chi connectivity index (χ1) is 14.9. The predicted octanol–water partition coefficient (Wildman–Crippen LogP) is 2.38. The molecule has 1 N–H and O–H groups in total. The molecule has 3 aromatic rings. The molecule has 0 saturated carbocycles. The first-order valence-electron chi connectivity index (χ1n) is 10.6. The number of nitrogens with zero attached hydrogens (tertiary/aromatic N) is 5. The van der Waals surface area contributed by atoms with Gasteiger partial charge in [0, 0.05) is 26.6 Å². The molecule has 1 aliphatic rings. The summed E-state index contributed by atoms with van der Waals surface area (Å²) in [6, 6.07) is 9.39. The van der Waals surface area contributed by atoms with E-state index in [4.69, 9.17) is 4.52 Å². The standard InChI is InChI=1S/C22H28N6O3/c1-15-20(22(30)28(26(15)3)18-9-5-4-6-10-18)24-19(29)11-13-27-12-7-8-17(14-27)21-23-16(2)25-31-21/h4-6,9-10,17H,7-8,11-14H2,1-3H3,(H,24,29). The van der Waals surface area contributed by atoms with E-state index in [-0.39, 0.29) is 17.4 Å². The largest absolute Gasteiger partial charge is 0.339 e. The van der Waals surface area contributed by atoms with Gasteiger partial charge in [-0.3, -0.25) is 14.3 Å². The van der Waals surface area contributed by atoms with E-state index in [2.05, 4.69) is 20.4 Å². The van der Waals surface area contributed by atoms with Crippen LogP contribution < -0.4 is 10.9 Å². The number of hydrogen-bond acceptors (Lipinski definition) is 6. The summed E-state index contributed by atoms with van der Waals surface area (Å²) in [5.74, 6) is 1.35. The number of hydrogen-bond donors (Lipinski definition) is 1. The second-order valence-electron chi connectivity index (χ2n) is 8.05. The number of amides is 1. The molecule has 1 atom stereocenters. The number of carbonyl (C=O) groups is 1. The number of carbonyl (C=O) groups excluding carboxylic acids is 1. The first-order valence-corrected chi connectivity index (χ1v) is 10.6. The maximum absolute atomic E-state index is 12.9. The lowest BCUT2D eigenvalue weighted by Crippen LogP contribution is -2.36. The lowest BCUT2D eigenvalue weighted by Gasteiger charge is -2.30. The fourth-order valence-corrected chi connectivity index (χ4v) is 4.11. The Labute approximate surface area is 180 Å². The molecule has 1 saturated heterocycles. The molecule has 1 aliphatic heterocycles. The molecular weight excluding hydrogens is 396 g/mol. The molecule has 1 fully saturated rings. The van der Waals surface area contributed by atoms with E-state index in [1.165, 1.54) is 0 Å². The molecule has 0 aliphatic carbocycles. The first kappa shape index (κ1) is 21.0. The van der Waals surface area contributed by atoms with Crippen LogP contribution >= 0.6 is 0 Å². The summed E-state index contributed by atoms with van der Waals surface area (Å²) in [6.45, 7) is 5.99. The summed E-state index contributed by atoms with van der Waals surface area (Å²) >= 11 is 0. The van der Waals surface area contributed by atoms with Gasteiger partial charge in [0.05, 0.1) is 17.3 Å². The lowest BCUT2D eigenvalue weighted by molar-refractivity contribution is -0.116. The highest BCUT2D eigenvalue weighted by molar-refractivity contribution is 5.91. The minimum Gasteiger partial charge on any atom is -0.339 e. The Morgan fingerprint density at radius 1 is 1.26 bits per heavy atom. The van der Waals surface area contributed by atoms with Crippen molar-refractivity contribution in [1.82, 2.24) is 24.4 Å². The summed E-state index contributed by atoms with van der Waals surface area (Å²) in [5, 5.41) is 6.72. The maximum Gasteiger partial charge on any atom is 0.295 e. The summed E-state index contributed by atoms with van der Waals surface area (Å²) in [7, 11) is 1.81. The molecule has 1 amide bonds. The van der Waals surface area contributed by atoms with E-state index in [1.807, 2.05) is 51.2 Å². The van der Waals surface area contributed by atoms with Gasteiger partial charge >= 0.3 is 0 Å². The van der Waals surface area contributed by atoms with Crippen molar-refractivity contribution in [3.63, 3.8) is 0 Å². The highest BCUT2D eigenvalue weighted by Crippen LogP contribution is 2.25. The van der Waals surface area contributed by atoms with Crippen LogP contribution in [0, 0.1) is 13.8 Å². The van der Waals surface area contributed by atoms with Crippen LogP contribution in [0.1, 0.15) is 42.6 Å². The lowest BCUT2D eigenvalue weighted by atomic mass is 9.98. The molecule has 31 heavy (non-hydrogen) atoms. The maximum atomic E-state index is 12.9. The Morgan fingerprint density at radius 3 is 2.74 bits per heavy atom. The van der Waals surface area contributed by atoms with Crippen molar-refractivity contribution in [3.8, 4) is 5.69 Å². The van der Waals surface area contributed by atoms with E-state index in [9.17, 15) is 9.59 Å². The van der Waals surface area contributed by atoms with Crippen molar-refractivity contribution in [1.29, 1.82) is 0 Å². The van der Waals surface area contributed by atoms with Crippen LogP contribution in [0.15, 0.2) is 39.6 Å². The molecule has 164 valence electrons. The van der Waals surface area contributed by atoms with Crippen molar-refractivity contribution in [3.05, 3.63) is 58.1 Å². The zero-order valence-electron chi connectivity index (χ0n) is 18.2. The molecule has 3 heterocycles. The average molecular weight is 425 g/mol. The van der Waals surface area contributed by atoms with Gasteiger partial charge in [0.25, 0.3) is 5.56 Å². The zero-order chi connectivity index (χ0) is 22.0. The number of rotatable bonds is 6. The van der Waals surface area contributed by atoms with Gasteiger partial charge < -0.3 is 14.7 Å². The van der Waals surface area contributed by atoms with Crippen LogP contribution in [0.4, 0.5) is 5.69 Å². The number of piperidine rings is 1. The van der Waals surface area contributed by atoms with Crippen LogP contribution in [0.5, 0.6) is 0 Å². The Morgan fingerprint density at radius 2 is 2.03 bits per heavy atom. The van der Waals surface area contributed by atoms with Gasteiger partial charge in [0.2, 0.25) is 11.8 Å². The zero-order valence-corrected chi connectivity index (χ0v) is 18.2. The van der Waals surface area contributed by atoms with Crippen molar-refractivity contribution < 1.29 is 9.32 Å². The number of aryl methyl sites for hydroxylation is 1. The second-order valence-corrected chi connectivity index (χ2v) is 8.05. The molecule has 0 bridgehead atoms. The normalized spacial score (nSPS) is 17.1. The third kappa shape index (κ3) is 4.46. The Hall–Kier alpha value is -3.20. The quantitative estimate of drug-likeness (QED) is 0.652. The topological polar surface area (TPSA) is 98.2 Å². The van der Waals surface area contributed by atoms with Gasteiger partial charge in [-0.15, -0.1) is 0 Å². The van der Waals surface area contributed by atoms with Crippen LogP contribution in [0.25, 0.3) is 5.69 Å². The van der Waals surface area contributed by atoms with E-state index >= 15 is 0 Å². The van der Waals surface area contributed by atoms with Gasteiger partial charge in [0.15, 0.2) is 5.82 Å². The molecule has 1 aromatic carbocycles. The summed E-state index contributed by atoms with van der Waals surface area (Å²) < 4.78 is 8.65. The SMILES string of the molecule is Cc1noc(C2CCCN(CCC(=O)Nc3c(C)n(C)n(-c4ccccc4)c3=O)C2)n1. The number of aromatic nitrogens is 4. The highest BCUT2D eigenvalue weighted by atomic mass is 16.5. The van der Waals surface area contributed by atoms with Crippen LogP contribution in [-0.2, 0) is 11.8 Å². The molecule has 0 radical (unpaired) electrons. The second kappa shape index (κ2) is 8.89. The summed E-state index contributed by atoms with van der Waals surface area (Å²) in [5.41, 5.74) is 1.57. The third-order valence-electron chi connectivity index (χ3n) is 5.87. The van der Waals surface area contributed by atoms with Gasteiger partial charge in [0.1, 0.15) is 5.69 Å². The Balaban J connectivity index is 1.39. The van der Waals surface area contributed by atoms with Crippen LogP contribution in [-0.4, -0.2) is 49.9 Å². The summed E-state index contributed by atoms with van der Waals surface area (Å²) in [4.78, 5) is 32.2. The molecule has 4 rings (SSSR count). The van der Waals surface area contributed by atoms with E-state index in [0.29, 0.717) is 36.1 Å². The number of likely N-dealkylation sites (tertiary alicyclic amines) is 1. The Bertz CT molecular complexity index is 1110. The number of benzene rings is 1. The summed E-state index contributed by atoms with van der Waals surface area (Å²) in [6.07, 6.45) is 2.34. The molecule has 2 aromatic heterocycles. The van der Waals surface area contributed by atoms with E-state index < -0.39 is 0 Å². The molecule has 9 heteroatoms. The smallest absolute Gasteiger partial charge is 0.295 e. The van der Waals surface area contributed by atoms with Crippen LogP contribution in [0.3, 0.4) is 0 Å². The van der Waals surface area contributed by atoms with Gasteiger partial charge in [-0.05, 0) is 45.4 Å². The average Bonchev–Trinajstić information content (AvgIpc) is 3.30. The number of anilines is 1. The van der Waals surface area contributed by atoms with Gasteiger partial charge in [-0.1, -0.05) is 23.4 Å². The number of para-hydroxylation sites is 1. The van der Waals surface area contributed by atoms with E-state index in [0.717, 1.165) is 31.6 Å². The highest BCUT2D eigenvalue weighted by Gasteiger charge is 2.26. The van der Waals surface area contributed by atoms with Crippen molar-refractivity contribution in [2.45, 2.75) is 39.0 Å². The molecule has 1 unspecified atom stereocenters. The minimum absolute atomic E-state index is 0.165. The Kier molecular flexibility index (Phi) is 6.03. The monoisotopic (exact) mass is 424 g/mol. The van der Waals surface area contributed by atoms with Crippen molar-refractivity contribution in [2.24, 2.45) is 7.05 Å². The third-order valence-corrected chi connectivity index (χ3v) is 5.87.